The van der Waals surface area contributed by atoms with Crippen molar-refractivity contribution < 1.29 is 26.4 Å². The van der Waals surface area contributed by atoms with Crippen LogP contribution in [0.25, 0.3) is 0 Å². The van der Waals surface area contributed by atoms with Crippen molar-refractivity contribution in [3.05, 3.63) is 65.2 Å². The molecule has 2 aromatic carbocycles. The summed E-state index contributed by atoms with van der Waals surface area (Å²) >= 11 is 0. The lowest BCUT2D eigenvalue weighted by atomic mass is 9.94. The van der Waals surface area contributed by atoms with Gasteiger partial charge in [-0.25, -0.2) is 13.2 Å². The number of hydrogen-bond acceptors (Lipinski definition) is 3. The molecule has 9 heteroatoms. The maximum atomic E-state index is 13.0. The van der Waals surface area contributed by atoms with E-state index in [1.54, 1.807) is 18.2 Å². The van der Waals surface area contributed by atoms with Gasteiger partial charge in [-0.05, 0) is 47.7 Å². The lowest BCUT2D eigenvalue weighted by molar-refractivity contribution is -0.137. The van der Waals surface area contributed by atoms with Crippen LogP contribution in [-0.2, 0) is 22.4 Å². The van der Waals surface area contributed by atoms with Crippen molar-refractivity contribution in [1.82, 2.24) is 10.6 Å². The van der Waals surface area contributed by atoms with Crippen molar-refractivity contribution in [1.29, 1.82) is 0 Å². The van der Waals surface area contributed by atoms with E-state index in [1.807, 2.05) is 13.8 Å². The second-order valence-electron chi connectivity index (χ2n) is 7.41. The van der Waals surface area contributed by atoms with E-state index < -0.39 is 33.6 Å². The third-order valence-electron chi connectivity index (χ3n) is 4.58. The van der Waals surface area contributed by atoms with Gasteiger partial charge in [0, 0.05) is 12.8 Å². The lowest BCUT2D eigenvalue weighted by Crippen LogP contribution is -2.40. The van der Waals surface area contributed by atoms with Crippen LogP contribution in [0.4, 0.5) is 18.0 Å². The van der Waals surface area contributed by atoms with Crippen molar-refractivity contribution in [2.45, 2.75) is 37.4 Å². The topological polar surface area (TPSA) is 75.3 Å². The first kappa shape index (κ1) is 23.7. The number of halogens is 3. The van der Waals surface area contributed by atoms with E-state index in [9.17, 15) is 26.4 Å². The van der Waals surface area contributed by atoms with Crippen LogP contribution in [-0.4, -0.2) is 27.2 Å². The van der Waals surface area contributed by atoms with Crippen LogP contribution in [0.3, 0.4) is 0 Å². The van der Waals surface area contributed by atoms with Crippen molar-refractivity contribution in [2.24, 2.45) is 5.92 Å². The Morgan fingerprint density at radius 3 is 2.23 bits per heavy atom. The van der Waals surface area contributed by atoms with Gasteiger partial charge in [-0.3, -0.25) is 0 Å². The molecule has 0 spiro atoms. The van der Waals surface area contributed by atoms with E-state index in [4.69, 9.17) is 0 Å². The first-order chi connectivity index (χ1) is 13.9. The van der Waals surface area contributed by atoms with Gasteiger partial charge in [-0.15, -0.1) is 0 Å². The second-order valence-corrected chi connectivity index (χ2v) is 9.43. The number of urea groups is 1. The number of benzene rings is 2. The molecule has 0 aliphatic rings. The molecule has 0 aliphatic heterocycles. The molecule has 30 heavy (non-hydrogen) atoms. The Kier molecular flexibility index (Phi) is 7.52. The maximum absolute atomic E-state index is 13.0. The average Bonchev–Trinajstić information content (AvgIpc) is 2.65. The number of carbonyl (C=O) groups excluding carboxylic acids is 1. The standard InChI is InChI=1S/C21H25F3N2O3S/c1-14(2)19(16-5-4-6-17(13-16)21(22,23)24)26-20(27)25-12-11-15-7-9-18(10-8-15)30(3,28)29/h4-10,13-14,19H,11-12H2,1-3H3,(H2,25,26,27). The van der Waals surface area contributed by atoms with Crippen LogP contribution in [0, 0.1) is 5.92 Å². The number of rotatable bonds is 7. The molecule has 5 nitrogen and oxygen atoms in total. The van der Waals surface area contributed by atoms with Crippen molar-refractivity contribution in [2.75, 3.05) is 12.8 Å². The Bertz CT molecular complexity index is 972. The highest BCUT2D eigenvalue weighted by Crippen LogP contribution is 2.32. The molecule has 0 radical (unpaired) electrons. The van der Waals surface area contributed by atoms with Gasteiger partial charge in [0.1, 0.15) is 0 Å². The minimum atomic E-state index is -4.45. The number of carbonyl (C=O) groups is 1. The summed E-state index contributed by atoms with van der Waals surface area (Å²) in [5, 5.41) is 5.42. The van der Waals surface area contributed by atoms with Gasteiger partial charge in [0.15, 0.2) is 9.84 Å². The fourth-order valence-electron chi connectivity index (χ4n) is 2.96. The smallest absolute Gasteiger partial charge is 0.338 e. The van der Waals surface area contributed by atoms with E-state index in [-0.39, 0.29) is 17.4 Å². The number of nitrogens with one attached hydrogen (secondary N) is 2. The molecule has 0 aliphatic carbocycles. The van der Waals surface area contributed by atoms with E-state index in [0.717, 1.165) is 24.0 Å². The van der Waals surface area contributed by atoms with Crippen LogP contribution in [0.1, 0.15) is 36.6 Å². The van der Waals surface area contributed by atoms with Gasteiger partial charge in [-0.2, -0.15) is 13.2 Å². The summed E-state index contributed by atoms with van der Waals surface area (Å²) in [6.45, 7) is 3.92. The molecule has 0 saturated carbocycles. The lowest BCUT2D eigenvalue weighted by Gasteiger charge is -2.24. The molecular weight excluding hydrogens is 417 g/mol. The molecule has 164 valence electrons. The summed E-state index contributed by atoms with van der Waals surface area (Å²) in [6, 6.07) is 10.2. The Labute approximate surface area is 174 Å². The molecule has 2 amide bonds. The van der Waals surface area contributed by atoms with Gasteiger partial charge in [0.2, 0.25) is 0 Å². The summed E-state index contributed by atoms with van der Waals surface area (Å²) in [4.78, 5) is 12.5. The highest BCUT2D eigenvalue weighted by Gasteiger charge is 2.31. The molecule has 0 bridgehead atoms. The van der Waals surface area contributed by atoms with Crippen LogP contribution in [0.15, 0.2) is 53.4 Å². The number of alkyl halides is 3. The van der Waals surface area contributed by atoms with Gasteiger partial charge in [0.05, 0.1) is 16.5 Å². The summed E-state index contributed by atoms with van der Waals surface area (Å²) in [7, 11) is -3.26. The Morgan fingerprint density at radius 1 is 1.07 bits per heavy atom. The maximum Gasteiger partial charge on any atom is 0.416 e. The molecule has 0 saturated heterocycles. The molecular formula is C21H25F3N2O3S. The van der Waals surface area contributed by atoms with E-state index >= 15 is 0 Å². The Balaban J connectivity index is 1.96. The first-order valence-electron chi connectivity index (χ1n) is 9.38. The molecule has 2 rings (SSSR count). The first-order valence-corrected chi connectivity index (χ1v) is 11.3. The fourth-order valence-corrected chi connectivity index (χ4v) is 3.59. The van der Waals surface area contributed by atoms with E-state index in [0.29, 0.717) is 12.0 Å². The average molecular weight is 443 g/mol. The van der Waals surface area contributed by atoms with Gasteiger partial charge >= 0.3 is 12.2 Å². The molecule has 1 atom stereocenters. The number of amides is 2. The molecule has 0 aromatic heterocycles. The minimum absolute atomic E-state index is 0.122. The molecule has 2 N–H and O–H groups in total. The number of hydrogen-bond donors (Lipinski definition) is 2. The van der Waals surface area contributed by atoms with Crippen molar-refractivity contribution in [3.8, 4) is 0 Å². The van der Waals surface area contributed by atoms with E-state index in [1.165, 1.54) is 18.2 Å². The molecule has 2 aromatic rings. The fraction of sp³-hybridized carbons (Fsp3) is 0.381. The van der Waals surface area contributed by atoms with Crippen molar-refractivity contribution >= 4 is 15.9 Å². The molecule has 0 heterocycles. The predicted octanol–water partition coefficient (Wildman–Crippen LogP) is 4.35. The zero-order chi connectivity index (χ0) is 22.5. The predicted molar refractivity (Wildman–Crippen MR) is 109 cm³/mol. The van der Waals surface area contributed by atoms with Crippen LogP contribution in [0.5, 0.6) is 0 Å². The van der Waals surface area contributed by atoms with Gasteiger partial charge in [0.25, 0.3) is 0 Å². The van der Waals surface area contributed by atoms with Crippen molar-refractivity contribution in [3.63, 3.8) is 0 Å². The Morgan fingerprint density at radius 2 is 1.70 bits per heavy atom. The summed E-state index contributed by atoms with van der Waals surface area (Å²) in [5.74, 6) is -0.122. The van der Waals surface area contributed by atoms with Gasteiger partial charge < -0.3 is 10.6 Å². The third kappa shape index (κ3) is 6.76. The largest absolute Gasteiger partial charge is 0.416 e. The molecule has 1 unspecified atom stereocenters. The summed E-state index contributed by atoms with van der Waals surface area (Å²) in [5.41, 5.74) is 0.470. The second kappa shape index (κ2) is 9.51. The van der Waals surface area contributed by atoms with Crippen LogP contribution < -0.4 is 10.6 Å². The van der Waals surface area contributed by atoms with Crippen LogP contribution in [0.2, 0.25) is 0 Å². The van der Waals surface area contributed by atoms with E-state index in [2.05, 4.69) is 10.6 Å². The highest BCUT2D eigenvalue weighted by atomic mass is 32.2. The monoisotopic (exact) mass is 442 g/mol. The number of sulfone groups is 1. The zero-order valence-corrected chi connectivity index (χ0v) is 17.8. The summed E-state index contributed by atoms with van der Waals surface area (Å²) in [6.07, 6.45) is -2.84. The summed E-state index contributed by atoms with van der Waals surface area (Å²) < 4.78 is 61.9. The SMILES string of the molecule is CC(C)C(NC(=O)NCCc1ccc(S(C)(=O)=O)cc1)c1cccc(C(F)(F)F)c1. The highest BCUT2D eigenvalue weighted by molar-refractivity contribution is 7.90. The normalized spacial score (nSPS) is 13.2. The molecule has 0 fully saturated rings. The van der Waals surface area contributed by atoms with Crippen LogP contribution >= 0.6 is 0 Å². The Hall–Kier alpha value is -2.55. The minimum Gasteiger partial charge on any atom is -0.338 e. The third-order valence-corrected chi connectivity index (χ3v) is 5.71. The van der Waals surface area contributed by atoms with Gasteiger partial charge in [-0.1, -0.05) is 38.1 Å². The zero-order valence-electron chi connectivity index (χ0n) is 17.0. The quantitative estimate of drug-likeness (QED) is 0.670.